The van der Waals surface area contributed by atoms with E-state index in [2.05, 4.69) is 64.6 Å². The topological polar surface area (TPSA) is 26.3 Å². The van der Waals surface area contributed by atoms with Crippen molar-refractivity contribution >= 4 is 35.4 Å². The fourth-order valence-electron chi connectivity index (χ4n) is 4.39. The SMILES string of the molecule is COC(=O)/C=C/[Si]([Si](C)(C)C)([Si](C)(C)C)[Si](C)(C)C. The summed E-state index contributed by atoms with van der Waals surface area (Å²) in [5, 5.41) is 0. The van der Waals surface area contributed by atoms with Crippen LogP contribution in [0.25, 0.3) is 0 Å². The van der Waals surface area contributed by atoms with Gasteiger partial charge in [0, 0.05) is 28.9 Å². The summed E-state index contributed by atoms with van der Waals surface area (Å²) < 4.78 is 4.83. The van der Waals surface area contributed by atoms with Gasteiger partial charge in [-0.1, -0.05) is 64.6 Å². The highest BCUT2D eigenvalue weighted by molar-refractivity contribution is 7.90. The van der Waals surface area contributed by atoms with Crippen LogP contribution in [0.3, 0.4) is 0 Å². The van der Waals surface area contributed by atoms with Crippen LogP contribution >= 0.6 is 0 Å². The number of carbonyl (C=O) groups excluding carboxylic acids is 1. The van der Waals surface area contributed by atoms with Crippen LogP contribution in [0.5, 0.6) is 0 Å². The van der Waals surface area contributed by atoms with Crippen LogP contribution in [0, 0.1) is 0 Å². The monoisotopic (exact) mass is 332 g/mol. The second-order valence-corrected chi connectivity index (χ2v) is 49.0. The van der Waals surface area contributed by atoms with Crippen LogP contribution in [0.2, 0.25) is 58.9 Å². The van der Waals surface area contributed by atoms with Crippen LogP contribution in [-0.2, 0) is 9.53 Å². The Morgan fingerprint density at radius 3 is 1.32 bits per heavy atom. The zero-order chi connectivity index (χ0) is 15.7. The molecule has 0 fully saturated rings. The first-order valence-corrected chi connectivity index (χ1v) is 22.6. The normalized spacial score (nSPS) is 14.8. The van der Waals surface area contributed by atoms with Crippen LogP contribution in [-0.4, -0.2) is 42.5 Å². The number of hydrogen-bond donors (Lipinski definition) is 0. The molecule has 0 N–H and O–H groups in total. The third kappa shape index (κ3) is 3.80. The van der Waals surface area contributed by atoms with Crippen molar-refractivity contribution in [1.29, 1.82) is 0 Å². The van der Waals surface area contributed by atoms with E-state index in [1.165, 1.54) is 7.11 Å². The maximum Gasteiger partial charge on any atom is 0.329 e. The maximum absolute atomic E-state index is 11.6. The summed E-state index contributed by atoms with van der Waals surface area (Å²) in [6, 6.07) is 0. The molecule has 0 radical (unpaired) electrons. The second kappa shape index (κ2) is 5.83. The molecular weight excluding hydrogens is 300 g/mol. The Morgan fingerprint density at radius 2 is 1.11 bits per heavy atom. The highest BCUT2D eigenvalue weighted by atomic mass is 29.9. The fraction of sp³-hybridized carbons (Fsp3) is 0.769. The van der Waals surface area contributed by atoms with Crippen molar-refractivity contribution in [3.8, 4) is 0 Å². The first-order valence-electron chi connectivity index (χ1n) is 6.98. The molecule has 0 rings (SSSR count). The van der Waals surface area contributed by atoms with E-state index in [9.17, 15) is 4.79 Å². The molecule has 0 aromatic carbocycles. The minimum absolute atomic E-state index is 0.188. The highest BCUT2D eigenvalue weighted by Gasteiger charge is 2.59. The van der Waals surface area contributed by atoms with Crippen LogP contribution in [0.15, 0.2) is 11.8 Å². The highest BCUT2D eigenvalue weighted by Crippen LogP contribution is 2.37. The lowest BCUT2D eigenvalue weighted by molar-refractivity contribution is -0.134. The average Bonchev–Trinajstić information content (AvgIpc) is 2.11. The van der Waals surface area contributed by atoms with Gasteiger partial charge < -0.3 is 4.74 Å². The van der Waals surface area contributed by atoms with Gasteiger partial charge in [-0.25, -0.2) is 4.79 Å². The molecule has 0 heterocycles. The van der Waals surface area contributed by atoms with Gasteiger partial charge in [0.1, 0.15) is 0 Å². The zero-order valence-electron chi connectivity index (χ0n) is 14.5. The number of methoxy groups -OCH3 is 1. The third-order valence-electron chi connectivity index (χ3n) is 4.22. The Morgan fingerprint density at radius 1 is 0.789 bits per heavy atom. The van der Waals surface area contributed by atoms with Gasteiger partial charge in [-0.3, -0.25) is 0 Å². The lowest BCUT2D eigenvalue weighted by atomic mass is 10.7. The molecule has 6 heteroatoms. The second-order valence-electron chi connectivity index (χ2n) is 8.41. The molecule has 19 heavy (non-hydrogen) atoms. The Bertz CT molecular complexity index is 320. The molecule has 112 valence electrons. The van der Waals surface area contributed by atoms with Crippen molar-refractivity contribution in [3.05, 3.63) is 11.8 Å². The summed E-state index contributed by atoms with van der Waals surface area (Å²) in [5.74, 6) is -0.188. The molecule has 0 saturated carbocycles. The first-order chi connectivity index (χ1) is 8.20. The predicted molar refractivity (Wildman–Crippen MR) is 96.9 cm³/mol. The van der Waals surface area contributed by atoms with Crippen LogP contribution in [0.1, 0.15) is 0 Å². The summed E-state index contributed by atoms with van der Waals surface area (Å²) in [6.07, 6.45) is 1.75. The molecule has 0 aromatic heterocycles. The minimum atomic E-state index is -1.54. The third-order valence-corrected chi connectivity index (χ3v) is 75.3. The van der Waals surface area contributed by atoms with Gasteiger partial charge >= 0.3 is 5.97 Å². The Labute approximate surface area is 123 Å². The standard InChI is InChI=1S/C13H32O2Si4/c1-15-13(14)11-12-19(16(2,3)4,17(5,6)7)18(8,9)10/h11-12H,1-10H3/b12-11+. The smallest absolute Gasteiger partial charge is 0.329 e. The van der Waals surface area contributed by atoms with Gasteiger partial charge in [0.15, 0.2) is 0 Å². The largest absolute Gasteiger partial charge is 0.466 e. The van der Waals surface area contributed by atoms with Gasteiger partial charge in [0.25, 0.3) is 0 Å². The van der Waals surface area contributed by atoms with E-state index >= 15 is 0 Å². The van der Waals surface area contributed by atoms with E-state index in [-0.39, 0.29) is 5.97 Å². The molecule has 0 unspecified atom stereocenters. The quantitative estimate of drug-likeness (QED) is 0.433. The molecule has 0 amide bonds. The van der Waals surface area contributed by atoms with Crippen molar-refractivity contribution < 1.29 is 9.53 Å². The average molecular weight is 333 g/mol. The molecule has 0 aliphatic rings. The van der Waals surface area contributed by atoms with E-state index in [0.717, 1.165) is 0 Å². The van der Waals surface area contributed by atoms with E-state index < -0.39 is 29.4 Å². The lowest BCUT2D eigenvalue weighted by Gasteiger charge is -2.55. The van der Waals surface area contributed by atoms with Crippen molar-refractivity contribution in [1.82, 2.24) is 0 Å². The molecule has 0 bridgehead atoms. The van der Waals surface area contributed by atoms with Crippen molar-refractivity contribution in [3.63, 3.8) is 0 Å². The Balaban J connectivity index is 6.12. The van der Waals surface area contributed by atoms with Crippen molar-refractivity contribution in [2.24, 2.45) is 0 Å². The lowest BCUT2D eigenvalue weighted by Crippen LogP contribution is -2.81. The molecule has 2 nitrogen and oxygen atoms in total. The summed E-state index contributed by atoms with van der Waals surface area (Å²) in [5.41, 5.74) is 2.39. The number of rotatable bonds is 5. The molecule has 0 aromatic rings. The Hall–Kier alpha value is 0.0775. The maximum atomic E-state index is 11.6. The number of hydrogen-bond acceptors (Lipinski definition) is 2. The summed E-state index contributed by atoms with van der Waals surface area (Å²) >= 11 is 0. The van der Waals surface area contributed by atoms with E-state index in [4.69, 9.17) is 4.74 Å². The first kappa shape index (κ1) is 19.1. The van der Waals surface area contributed by atoms with Crippen LogP contribution < -0.4 is 0 Å². The fourth-order valence-corrected chi connectivity index (χ4v) is 99.3. The van der Waals surface area contributed by atoms with E-state index in [1.807, 2.05) is 0 Å². The number of carbonyl (C=O) groups is 1. The van der Waals surface area contributed by atoms with Crippen molar-refractivity contribution in [2.45, 2.75) is 58.9 Å². The summed E-state index contributed by atoms with van der Waals surface area (Å²) in [6.45, 7) is 21.1. The van der Waals surface area contributed by atoms with Gasteiger partial charge in [-0.2, -0.15) is 0 Å². The summed E-state index contributed by atoms with van der Waals surface area (Å²) in [4.78, 5) is 11.6. The minimum Gasteiger partial charge on any atom is -0.466 e. The molecule has 0 aliphatic heterocycles. The van der Waals surface area contributed by atoms with Crippen molar-refractivity contribution in [2.75, 3.05) is 7.11 Å². The van der Waals surface area contributed by atoms with Gasteiger partial charge in [-0.15, -0.1) is 0 Å². The Kier molecular flexibility index (Phi) is 5.85. The molecule has 0 atom stereocenters. The predicted octanol–water partition coefficient (Wildman–Crippen LogP) is 3.95. The molecular formula is C13H32O2Si4. The molecule has 0 saturated heterocycles. The number of ether oxygens (including phenoxy) is 1. The van der Waals surface area contributed by atoms with Crippen LogP contribution in [0.4, 0.5) is 0 Å². The molecule has 0 spiro atoms. The molecule has 0 aliphatic carbocycles. The summed E-state index contributed by atoms with van der Waals surface area (Å²) in [7, 11) is -2.49. The van der Waals surface area contributed by atoms with Gasteiger partial charge in [0.2, 0.25) is 0 Å². The zero-order valence-corrected chi connectivity index (χ0v) is 18.5. The number of esters is 1. The van der Waals surface area contributed by atoms with Gasteiger partial charge in [0.05, 0.1) is 13.7 Å². The van der Waals surface area contributed by atoms with Gasteiger partial charge in [-0.05, 0) is 0 Å². The van der Waals surface area contributed by atoms with E-state index in [0.29, 0.717) is 0 Å². The van der Waals surface area contributed by atoms with E-state index in [1.54, 1.807) is 6.08 Å².